The number of hydrogen-bond donors (Lipinski definition) is 2. The summed E-state index contributed by atoms with van der Waals surface area (Å²) in [5, 5.41) is 2.74. The Morgan fingerprint density at radius 2 is 1.71 bits per heavy atom. The summed E-state index contributed by atoms with van der Waals surface area (Å²) in [6.45, 7) is 1.68. The molecule has 0 saturated carbocycles. The maximum absolute atomic E-state index is 12.1. The van der Waals surface area contributed by atoms with Crippen LogP contribution in [0.1, 0.15) is 6.92 Å². The number of nitrogen functional groups attached to an aromatic ring is 1. The van der Waals surface area contributed by atoms with Crippen LogP contribution in [0, 0.1) is 0 Å². The molecule has 0 spiro atoms. The molecule has 0 bridgehead atoms. The second kappa shape index (κ2) is 6.65. The van der Waals surface area contributed by atoms with E-state index in [1.165, 1.54) is 0 Å². The molecule has 5 nitrogen and oxygen atoms in total. The Hall–Kier alpha value is -2.69. The number of amides is 1. The number of carbonyl (C=O) groups is 1. The van der Waals surface area contributed by atoms with Crippen molar-refractivity contribution < 1.29 is 14.3 Å². The molecule has 2 aromatic carbocycles. The van der Waals surface area contributed by atoms with Crippen LogP contribution in [0.4, 0.5) is 11.4 Å². The van der Waals surface area contributed by atoms with E-state index in [1.54, 1.807) is 56.5 Å². The summed E-state index contributed by atoms with van der Waals surface area (Å²) in [5.41, 5.74) is 6.88. The first-order valence-electron chi connectivity index (χ1n) is 6.56. The van der Waals surface area contributed by atoms with Crippen LogP contribution in [0.15, 0.2) is 48.5 Å². The number of rotatable bonds is 5. The average Bonchev–Trinajstić information content (AvgIpc) is 2.50. The Morgan fingerprint density at radius 3 is 2.33 bits per heavy atom. The maximum Gasteiger partial charge on any atom is 0.265 e. The smallest absolute Gasteiger partial charge is 0.265 e. The van der Waals surface area contributed by atoms with Crippen LogP contribution in [0.3, 0.4) is 0 Å². The summed E-state index contributed by atoms with van der Waals surface area (Å²) in [6.07, 6.45) is -0.641. The van der Waals surface area contributed by atoms with Gasteiger partial charge in [-0.3, -0.25) is 4.79 Å². The highest BCUT2D eigenvalue weighted by Gasteiger charge is 2.15. The second-order valence-corrected chi connectivity index (χ2v) is 4.51. The lowest BCUT2D eigenvalue weighted by Gasteiger charge is -2.15. The number of nitrogens with two attached hydrogens (primary N) is 1. The van der Waals surface area contributed by atoms with Gasteiger partial charge in [0.15, 0.2) is 6.10 Å². The van der Waals surface area contributed by atoms with Gasteiger partial charge in [0.1, 0.15) is 11.5 Å². The SMILES string of the molecule is COc1ccc(OC(C)C(=O)Nc2ccccc2N)cc1. The fourth-order valence-corrected chi connectivity index (χ4v) is 1.76. The zero-order valence-corrected chi connectivity index (χ0v) is 12.0. The van der Waals surface area contributed by atoms with Gasteiger partial charge in [0.25, 0.3) is 5.91 Å². The van der Waals surface area contributed by atoms with E-state index in [0.29, 0.717) is 17.1 Å². The van der Waals surface area contributed by atoms with Crippen molar-refractivity contribution in [2.75, 3.05) is 18.2 Å². The first-order chi connectivity index (χ1) is 10.1. The molecule has 21 heavy (non-hydrogen) atoms. The van der Waals surface area contributed by atoms with Gasteiger partial charge in [-0.1, -0.05) is 12.1 Å². The molecule has 0 saturated heterocycles. The summed E-state index contributed by atoms with van der Waals surface area (Å²) < 4.78 is 10.6. The largest absolute Gasteiger partial charge is 0.497 e. The van der Waals surface area contributed by atoms with Gasteiger partial charge in [0.05, 0.1) is 18.5 Å². The highest BCUT2D eigenvalue weighted by atomic mass is 16.5. The number of para-hydroxylation sites is 2. The average molecular weight is 286 g/mol. The monoisotopic (exact) mass is 286 g/mol. The molecule has 3 N–H and O–H groups in total. The molecule has 5 heteroatoms. The maximum atomic E-state index is 12.1. The van der Waals surface area contributed by atoms with Crippen LogP contribution in [0.2, 0.25) is 0 Å². The van der Waals surface area contributed by atoms with Crippen molar-refractivity contribution in [3.63, 3.8) is 0 Å². The number of methoxy groups -OCH3 is 1. The predicted octanol–water partition coefficient (Wildman–Crippen LogP) is 2.68. The zero-order valence-electron chi connectivity index (χ0n) is 12.0. The molecule has 0 heterocycles. The fraction of sp³-hybridized carbons (Fsp3) is 0.188. The third-order valence-electron chi connectivity index (χ3n) is 2.96. The van der Waals surface area contributed by atoms with Crippen molar-refractivity contribution in [3.05, 3.63) is 48.5 Å². The molecule has 0 aliphatic heterocycles. The van der Waals surface area contributed by atoms with Gasteiger partial charge in [-0.15, -0.1) is 0 Å². The molecule has 1 amide bonds. The standard InChI is InChI=1S/C16H18N2O3/c1-11(21-13-9-7-12(20-2)8-10-13)16(19)18-15-6-4-3-5-14(15)17/h3-11H,17H2,1-2H3,(H,18,19). The number of benzene rings is 2. The van der Waals surface area contributed by atoms with Gasteiger partial charge >= 0.3 is 0 Å². The Kier molecular flexibility index (Phi) is 4.66. The predicted molar refractivity (Wildman–Crippen MR) is 82.6 cm³/mol. The molecule has 1 atom stereocenters. The van der Waals surface area contributed by atoms with Crippen molar-refractivity contribution in [1.29, 1.82) is 0 Å². The van der Waals surface area contributed by atoms with Gasteiger partial charge in [0, 0.05) is 0 Å². The van der Waals surface area contributed by atoms with E-state index in [-0.39, 0.29) is 5.91 Å². The molecule has 2 rings (SSSR count). The van der Waals surface area contributed by atoms with E-state index in [0.717, 1.165) is 5.75 Å². The molecular formula is C16H18N2O3. The van der Waals surface area contributed by atoms with Crippen LogP contribution < -0.4 is 20.5 Å². The van der Waals surface area contributed by atoms with Crippen LogP contribution in [-0.4, -0.2) is 19.1 Å². The number of carbonyl (C=O) groups excluding carboxylic acids is 1. The van der Waals surface area contributed by atoms with Gasteiger partial charge < -0.3 is 20.5 Å². The second-order valence-electron chi connectivity index (χ2n) is 4.51. The Labute approximate surface area is 123 Å². The molecular weight excluding hydrogens is 268 g/mol. The first kappa shape index (κ1) is 14.7. The molecule has 0 aliphatic rings. The quantitative estimate of drug-likeness (QED) is 0.829. The lowest BCUT2D eigenvalue weighted by molar-refractivity contribution is -0.122. The van der Waals surface area contributed by atoms with E-state index in [1.807, 2.05) is 6.07 Å². The molecule has 2 aromatic rings. The Balaban J connectivity index is 1.97. The van der Waals surface area contributed by atoms with Crippen LogP contribution in [-0.2, 0) is 4.79 Å². The molecule has 0 radical (unpaired) electrons. The van der Waals surface area contributed by atoms with Gasteiger partial charge in [-0.25, -0.2) is 0 Å². The van der Waals surface area contributed by atoms with Gasteiger partial charge in [-0.05, 0) is 43.3 Å². The lowest BCUT2D eigenvalue weighted by atomic mass is 10.2. The van der Waals surface area contributed by atoms with Gasteiger partial charge in [-0.2, -0.15) is 0 Å². The minimum absolute atomic E-state index is 0.260. The topological polar surface area (TPSA) is 73.6 Å². The third kappa shape index (κ3) is 3.89. The number of anilines is 2. The number of nitrogens with one attached hydrogen (secondary N) is 1. The minimum atomic E-state index is -0.641. The molecule has 0 fully saturated rings. The van der Waals surface area contributed by atoms with Crippen molar-refractivity contribution >= 4 is 17.3 Å². The summed E-state index contributed by atoms with van der Waals surface area (Å²) in [7, 11) is 1.59. The van der Waals surface area contributed by atoms with Crippen LogP contribution >= 0.6 is 0 Å². The van der Waals surface area contributed by atoms with E-state index in [2.05, 4.69) is 5.32 Å². The van der Waals surface area contributed by atoms with Crippen molar-refractivity contribution in [2.45, 2.75) is 13.0 Å². The fourth-order valence-electron chi connectivity index (χ4n) is 1.76. The third-order valence-corrected chi connectivity index (χ3v) is 2.96. The van der Waals surface area contributed by atoms with Crippen molar-refractivity contribution in [3.8, 4) is 11.5 Å². The normalized spacial score (nSPS) is 11.5. The number of ether oxygens (including phenoxy) is 2. The molecule has 110 valence electrons. The lowest BCUT2D eigenvalue weighted by Crippen LogP contribution is -2.30. The van der Waals surface area contributed by atoms with E-state index in [9.17, 15) is 4.79 Å². The van der Waals surface area contributed by atoms with E-state index in [4.69, 9.17) is 15.2 Å². The first-order valence-corrected chi connectivity index (χ1v) is 6.56. The van der Waals surface area contributed by atoms with Crippen LogP contribution in [0.5, 0.6) is 11.5 Å². The summed E-state index contributed by atoms with van der Waals surface area (Å²) in [4.78, 5) is 12.1. The highest BCUT2D eigenvalue weighted by molar-refractivity contribution is 5.96. The van der Waals surface area contributed by atoms with Crippen molar-refractivity contribution in [2.24, 2.45) is 0 Å². The number of hydrogen-bond acceptors (Lipinski definition) is 4. The Bertz CT molecular complexity index is 611. The molecule has 0 aliphatic carbocycles. The van der Waals surface area contributed by atoms with Crippen LogP contribution in [0.25, 0.3) is 0 Å². The summed E-state index contributed by atoms with van der Waals surface area (Å²) in [5.74, 6) is 1.07. The molecule has 0 aromatic heterocycles. The zero-order chi connectivity index (χ0) is 15.2. The highest BCUT2D eigenvalue weighted by Crippen LogP contribution is 2.20. The van der Waals surface area contributed by atoms with Gasteiger partial charge in [0.2, 0.25) is 0 Å². The van der Waals surface area contributed by atoms with Crippen molar-refractivity contribution in [1.82, 2.24) is 0 Å². The minimum Gasteiger partial charge on any atom is -0.497 e. The summed E-state index contributed by atoms with van der Waals surface area (Å²) in [6, 6.07) is 14.1. The van der Waals surface area contributed by atoms with E-state index >= 15 is 0 Å². The summed E-state index contributed by atoms with van der Waals surface area (Å²) >= 11 is 0. The Morgan fingerprint density at radius 1 is 1.10 bits per heavy atom. The molecule has 1 unspecified atom stereocenters. The van der Waals surface area contributed by atoms with E-state index < -0.39 is 6.10 Å².